The second kappa shape index (κ2) is 3.55. The highest BCUT2D eigenvalue weighted by atomic mass is 35.5. The molecule has 1 aromatic heterocycles. The van der Waals surface area contributed by atoms with Gasteiger partial charge in [-0.1, -0.05) is 16.8 Å². The van der Waals surface area contributed by atoms with Crippen molar-refractivity contribution in [2.75, 3.05) is 18.9 Å². The van der Waals surface area contributed by atoms with Gasteiger partial charge < -0.3 is 15.0 Å². The second-order valence-electron chi connectivity index (χ2n) is 3.16. The molecule has 0 aliphatic carbocycles. The third-order valence-electron chi connectivity index (χ3n) is 2.21. The summed E-state index contributed by atoms with van der Waals surface area (Å²) in [6.45, 7) is 1.46. The quantitative estimate of drug-likeness (QED) is 0.755. The van der Waals surface area contributed by atoms with Crippen molar-refractivity contribution in [1.82, 2.24) is 5.16 Å². The Morgan fingerprint density at radius 1 is 1.54 bits per heavy atom. The molecule has 1 aliphatic rings. The van der Waals surface area contributed by atoms with Crippen molar-refractivity contribution < 1.29 is 9.26 Å². The maximum atomic E-state index is 5.91. The molecule has 1 atom stereocenters. The molecule has 0 aromatic carbocycles. The van der Waals surface area contributed by atoms with Crippen LogP contribution in [-0.2, 0) is 4.74 Å². The van der Waals surface area contributed by atoms with Crippen LogP contribution in [0.15, 0.2) is 4.52 Å². The fourth-order valence-electron chi connectivity index (χ4n) is 1.51. The molecule has 0 amide bonds. The zero-order valence-corrected chi connectivity index (χ0v) is 7.88. The minimum atomic E-state index is 0.214. The van der Waals surface area contributed by atoms with Crippen LogP contribution >= 0.6 is 11.6 Å². The first-order valence-corrected chi connectivity index (χ1v) is 4.65. The molecule has 1 fully saturated rings. The van der Waals surface area contributed by atoms with Crippen LogP contribution in [0.3, 0.4) is 0 Å². The van der Waals surface area contributed by atoms with E-state index >= 15 is 0 Å². The van der Waals surface area contributed by atoms with Gasteiger partial charge in [-0.2, -0.15) is 0 Å². The molecule has 13 heavy (non-hydrogen) atoms. The Balaban J connectivity index is 2.18. The third-order valence-corrected chi connectivity index (χ3v) is 2.59. The predicted octanol–water partition coefficient (Wildman–Crippen LogP) is 1.80. The summed E-state index contributed by atoms with van der Waals surface area (Å²) in [5.41, 5.74) is 5.47. The summed E-state index contributed by atoms with van der Waals surface area (Å²) in [6.07, 6.45) is 2.05. The van der Waals surface area contributed by atoms with Crippen LogP contribution in [0, 0.1) is 0 Å². The lowest BCUT2D eigenvalue weighted by Crippen LogP contribution is -2.15. The molecular weight excluding hydrogens is 192 g/mol. The van der Waals surface area contributed by atoms with Crippen molar-refractivity contribution in [3.63, 3.8) is 0 Å². The number of halogens is 1. The smallest absolute Gasteiger partial charge is 0.186 e. The molecule has 0 spiro atoms. The number of hydrogen-bond donors (Lipinski definition) is 1. The summed E-state index contributed by atoms with van der Waals surface area (Å²) in [7, 11) is 0. The molecule has 4 nitrogen and oxygen atoms in total. The van der Waals surface area contributed by atoms with Gasteiger partial charge in [0, 0.05) is 12.5 Å². The van der Waals surface area contributed by atoms with Gasteiger partial charge in [0.1, 0.15) is 5.02 Å². The number of nitrogens with zero attached hydrogens (tertiary/aromatic N) is 1. The molecule has 1 saturated heterocycles. The molecule has 0 radical (unpaired) electrons. The second-order valence-corrected chi connectivity index (χ2v) is 3.54. The van der Waals surface area contributed by atoms with Gasteiger partial charge in [0.25, 0.3) is 0 Å². The van der Waals surface area contributed by atoms with Gasteiger partial charge in [0.05, 0.1) is 6.61 Å². The van der Waals surface area contributed by atoms with E-state index in [1.54, 1.807) is 0 Å². The van der Waals surface area contributed by atoms with Gasteiger partial charge in [-0.05, 0) is 12.8 Å². The zero-order chi connectivity index (χ0) is 9.26. The van der Waals surface area contributed by atoms with Crippen LogP contribution in [0.4, 0.5) is 5.82 Å². The van der Waals surface area contributed by atoms with Crippen LogP contribution < -0.4 is 5.73 Å². The summed E-state index contributed by atoms with van der Waals surface area (Å²) < 4.78 is 10.4. The lowest BCUT2D eigenvalue weighted by atomic mass is 10.00. The molecular formula is C8H11ClN2O2. The Bertz CT molecular complexity index is 294. The Morgan fingerprint density at radius 3 is 2.92 bits per heavy atom. The van der Waals surface area contributed by atoms with E-state index in [-0.39, 0.29) is 11.7 Å². The lowest BCUT2D eigenvalue weighted by Gasteiger charge is -2.19. The summed E-state index contributed by atoms with van der Waals surface area (Å²) in [5, 5.41) is 4.05. The number of nitrogens with two attached hydrogens (primary N) is 1. The number of rotatable bonds is 1. The van der Waals surface area contributed by atoms with Crippen molar-refractivity contribution in [2.24, 2.45) is 0 Å². The summed E-state index contributed by atoms with van der Waals surface area (Å²) >= 11 is 5.91. The summed E-state index contributed by atoms with van der Waals surface area (Å²) in [5.74, 6) is 1.15. The SMILES string of the molecule is Nc1noc(C2CCCOC2)c1Cl. The molecule has 2 rings (SSSR count). The Morgan fingerprint density at radius 2 is 2.38 bits per heavy atom. The van der Waals surface area contributed by atoms with E-state index in [1.807, 2.05) is 0 Å². The van der Waals surface area contributed by atoms with Crippen molar-refractivity contribution in [2.45, 2.75) is 18.8 Å². The average molecular weight is 203 g/mol. The molecule has 1 aromatic rings. The zero-order valence-electron chi connectivity index (χ0n) is 7.12. The standard InChI is InChI=1S/C8H11ClN2O2/c9-6-7(13-11-8(6)10)5-2-1-3-12-4-5/h5H,1-4H2,(H2,10,11). The van der Waals surface area contributed by atoms with Crippen LogP contribution in [0.25, 0.3) is 0 Å². The van der Waals surface area contributed by atoms with E-state index in [0.717, 1.165) is 19.4 Å². The molecule has 1 aliphatic heterocycles. The average Bonchev–Trinajstić information content (AvgIpc) is 2.49. The number of aromatic nitrogens is 1. The Kier molecular flexibility index (Phi) is 2.42. The first-order valence-electron chi connectivity index (χ1n) is 4.27. The topological polar surface area (TPSA) is 61.3 Å². The first kappa shape index (κ1) is 8.84. The molecule has 5 heteroatoms. The fourth-order valence-corrected chi connectivity index (χ4v) is 1.73. The summed E-state index contributed by atoms with van der Waals surface area (Å²) in [6, 6.07) is 0. The number of anilines is 1. The van der Waals surface area contributed by atoms with Gasteiger partial charge in [0.15, 0.2) is 11.6 Å². The maximum absolute atomic E-state index is 5.91. The van der Waals surface area contributed by atoms with Gasteiger partial charge in [0.2, 0.25) is 0 Å². The largest absolute Gasteiger partial charge is 0.381 e. The van der Waals surface area contributed by atoms with Crippen LogP contribution in [0.5, 0.6) is 0 Å². The van der Waals surface area contributed by atoms with Crippen LogP contribution in [0.1, 0.15) is 24.5 Å². The monoisotopic (exact) mass is 202 g/mol. The van der Waals surface area contributed by atoms with Gasteiger partial charge in [-0.25, -0.2) is 0 Å². The highest BCUT2D eigenvalue weighted by molar-refractivity contribution is 6.33. The summed E-state index contributed by atoms with van der Waals surface area (Å²) in [4.78, 5) is 0. The maximum Gasteiger partial charge on any atom is 0.186 e. The first-order chi connectivity index (χ1) is 6.29. The van der Waals surface area contributed by atoms with Crippen molar-refractivity contribution in [1.29, 1.82) is 0 Å². The number of ether oxygens (including phenoxy) is 1. The Labute approximate surface area is 81.0 Å². The van der Waals surface area contributed by atoms with E-state index in [9.17, 15) is 0 Å². The van der Waals surface area contributed by atoms with Crippen LogP contribution in [-0.4, -0.2) is 18.4 Å². The minimum Gasteiger partial charge on any atom is -0.381 e. The van der Waals surface area contributed by atoms with Crippen molar-refractivity contribution >= 4 is 17.4 Å². The van der Waals surface area contributed by atoms with Gasteiger partial charge in [-0.3, -0.25) is 0 Å². The van der Waals surface area contributed by atoms with Crippen molar-refractivity contribution in [3.05, 3.63) is 10.8 Å². The minimum absolute atomic E-state index is 0.214. The van der Waals surface area contributed by atoms with E-state index in [2.05, 4.69) is 5.16 Å². The van der Waals surface area contributed by atoms with Crippen molar-refractivity contribution in [3.8, 4) is 0 Å². The molecule has 2 heterocycles. The van der Waals surface area contributed by atoms with E-state index in [4.69, 9.17) is 26.6 Å². The van der Waals surface area contributed by atoms with E-state index < -0.39 is 0 Å². The number of nitrogen functional groups attached to an aromatic ring is 1. The highest BCUT2D eigenvalue weighted by Gasteiger charge is 2.24. The molecule has 1 unspecified atom stereocenters. The molecule has 72 valence electrons. The molecule has 2 N–H and O–H groups in total. The molecule has 0 bridgehead atoms. The van der Waals surface area contributed by atoms with Crippen LogP contribution in [0.2, 0.25) is 5.02 Å². The normalized spacial score (nSPS) is 23.3. The van der Waals surface area contributed by atoms with E-state index in [1.165, 1.54) is 0 Å². The fraction of sp³-hybridized carbons (Fsp3) is 0.625. The lowest BCUT2D eigenvalue weighted by molar-refractivity contribution is 0.0722. The van der Waals surface area contributed by atoms with E-state index in [0.29, 0.717) is 17.4 Å². The third kappa shape index (κ3) is 1.64. The predicted molar refractivity (Wildman–Crippen MR) is 48.7 cm³/mol. The molecule has 0 saturated carbocycles. The Hall–Kier alpha value is -0.740. The highest BCUT2D eigenvalue weighted by Crippen LogP contribution is 2.33. The number of hydrogen-bond acceptors (Lipinski definition) is 4. The van der Waals surface area contributed by atoms with Gasteiger partial charge >= 0.3 is 0 Å². The van der Waals surface area contributed by atoms with Gasteiger partial charge in [-0.15, -0.1) is 0 Å².